The predicted molar refractivity (Wildman–Crippen MR) is 109 cm³/mol. The first-order chi connectivity index (χ1) is 13.1. The molecule has 4 heteroatoms. The summed E-state index contributed by atoms with van der Waals surface area (Å²) in [5, 5.41) is 10.4. The van der Waals surface area contributed by atoms with Crippen LogP contribution in [0.25, 0.3) is 34.0 Å². The Morgan fingerprint density at radius 1 is 0.815 bits per heavy atom. The first-order valence-corrected chi connectivity index (χ1v) is 8.64. The Labute approximate surface area is 155 Å². The molecule has 4 rings (SSSR count). The largest absolute Gasteiger partial charge is 0.480 e. The molecule has 0 aliphatic heterocycles. The summed E-state index contributed by atoms with van der Waals surface area (Å²) < 4.78 is 1.68. The van der Waals surface area contributed by atoms with Gasteiger partial charge in [0.15, 0.2) is 5.43 Å². The van der Waals surface area contributed by atoms with Crippen molar-refractivity contribution in [3.05, 3.63) is 94.1 Å². The molecule has 0 amide bonds. The zero-order chi connectivity index (χ0) is 18.8. The van der Waals surface area contributed by atoms with E-state index < -0.39 is 5.97 Å². The van der Waals surface area contributed by atoms with E-state index >= 15 is 0 Å². The smallest absolute Gasteiger partial charge is 0.323 e. The normalized spacial score (nSPS) is 11.4. The molecule has 4 aromatic rings. The highest BCUT2D eigenvalue weighted by atomic mass is 16.4. The predicted octanol–water partition coefficient (Wildman–Crippen LogP) is 4.41. The number of nitrogens with zero attached hydrogens (tertiary/aromatic N) is 1. The number of hydrogen-bond donors (Lipinski definition) is 1. The fraction of sp³-hybridized carbons (Fsp3) is 0.0435. The standard InChI is InChI=1S/C23H17NO3/c25-22(26)15-24-20-9-5-4-8-18(20)23(27)19-14-17(12-13-21(19)24)11-10-16-6-2-1-3-7-16/h1-14H,15H2,(H,25,26)/b11-10-. The van der Waals surface area contributed by atoms with Crippen molar-refractivity contribution >= 4 is 39.9 Å². The lowest BCUT2D eigenvalue weighted by molar-refractivity contribution is -0.137. The molecule has 1 aromatic heterocycles. The number of fused-ring (bicyclic) bond motifs is 2. The van der Waals surface area contributed by atoms with Crippen molar-refractivity contribution in [1.82, 2.24) is 4.57 Å². The number of rotatable bonds is 4. The van der Waals surface area contributed by atoms with E-state index in [-0.39, 0.29) is 12.0 Å². The molecule has 0 saturated heterocycles. The Morgan fingerprint density at radius 3 is 2.26 bits per heavy atom. The minimum absolute atomic E-state index is 0.0859. The molecule has 1 heterocycles. The van der Waals surface area contributed by atoms with Crippen LogP contribution in [-0.4, -0.2) is 15.6 Å². The number of para-hydroxylation sites is 1. The molecule has 0 fully saturated rings. The summed E-state index contributed by atoms with van der Waals surface area (Å²) in [6.45, 7) is -0.198. The van der Waals surface area contributed by atoms with E-state index in [9.17, 15) is 14.7 Å². The average molecular weight is 355 g/mol. The van der Waals surface area contributed by atoms with Gasteiger partial charge in [-0.05, 0) is 35.4 Å². The zero-order valence-corrected chi connectivity index (χ0v) is 14.5. The van der Waals surface area contributed by atoms with Crippen molar-refractivity contribution in [3.8, 4) is 0 Å². The van der Waals surface area contributed by atoms with E-state index in [1.165, 1.54) is 0 Å². The van der Waals surface area contributed by atoms with Crippen LogP contribution in [0, 0.1) is 0 Å². The van der Waals surface area contributed by atoms with Gasteiger partial charge in [-0.15, -0.1) is 0 Å². The summed E-state index contributed by atoms with van der Waals surface area (Å²) in [7, 11) is 0. The molecule has 27 heavy (non-hydrogen) atoms. The number of carboxylic acid groups (broad SMARTS) is 1. The van der Waals surface area contributed by atoms with Gasteiger partial charge in [-0.1, -0.05) is 60.7 Å². The fourth-order valence-corrected chi connectivity index (χ4v) is 3.31. The molecular formula is C23H17NO3. The van der Waals surface area contributed by atoms with Crippen molar-refractivity contribution in [3.63, 3.8) is 0 Å². The molecule has 0 aliphatic rings. The van der Waals surface area contributed by atoms with Crippen molar-refractivity contribution < 1.29 is 9.90 Å². The molecule has 0 atom stereocenters. The number of benzene rings is 3. The van der Waals surface area contributed by atoms with E-state index in [1.807, 2.05) is 66.7 Å². The van der Waals surface area contributed by atoms with Gasteiger partial charge in [-0.25, -0.2) is 0 Å². The third kappa shape index (κ3) is 3.25. The molecule has 0 unspecified atom stereocenters. The molecule has 3 aromatic carbocycles. The maximum absolute atomic E-state index is 13.0. The van der Waals surface area contributed by atoms with Crippen LogP contribution < -0.4 is 5.43 Å². The summed E-state index contributed by atoms with van der Waals surface area (Å²) in [6, 6.07) is 22.6. The second kappa shape index (κ2) is 6.92. The van der Waals surface area contributed by atoms with Gasteiger partial charge in [-0.2, -0.15) is 0 Å². The molecule has 0 radical (unpaired) electrons. The van der Waals surface area contributed by atoms with Crippen molar-refractivity contribution in [2.75, 3.05) is 0 Å². The summed E-state index contributed by atoms with van der Waals surface area (Å²) >= 11 is 0. The lowest BCUT2D eigenvalue weighted by atomic mass is 10.1. The first kappa shape index (κ1) is 16.8. The van der Waals surface area contributed by atoms with E-state index in [0.29, 0.717) is 21.8 Å². The van der Waals surface area contributed by atoms with Crippen LogP contribution in [-0.2, 0) is 11.3 Å². The average Bonchev–Trinajstić information content (AvgIpc) is 2.70. The second-order valence-electron chi connectivity index (χ2n) is 6.35. The minimum atomic E-state index is -0.946. The van der Waals surface area contributed by atoms with Gasteiger partial charge < -0.3 is 9.67 Å². The van der Waals surface area contributed by atoms with Crippen LogP contribution in [0.2, 0.25) is 0 Å². The van der Waals surface area contributed by atoms with Crippen LogP contribution in [0.15, 0.2) is 77.6 Å². The minimum Gasteiger partial charge on any atom is -0.480 e. The van der Waals surface area contributed by atoms with Gasteiger partial charge in [0.05, 0.1) is 11.0 Å². The Morgan fingerprint density at radius 2 is 1.48 bits per heavy atom. The molecule has 4 nitrogen and oxygen atoms in total. The summed E-state index contributed by atoms with van der Waals surface area (Å²) in [5.41, 5.74) is 3.13. The van der Waals surface area contributed by atoms with Crippen molar-refractivity contribution in [2.24, 2.45) is 0 Å². The van der Waals surface area contributed by atoms with Crippen LogP contribution in [0.3, 0.4) is 0 Å². The molecule has 0 saturated carbocycles. The molecule has 1 N–H and O–H groups in total. The SMILES string of the molecule is O=C(O)Cn1c2ccccc2c(=O)c2cc(/C=C\c3ccccc3)ccc21. The maximum Gasteiger partial charge on any atom is 0.323 e. The van der Waals surface area contributed by atoms with Gasteiger partial charge in [0.2, 0.25) is 0 Å². The van der Waals surface area contributed by atoms with E-state index in [0.717, 1.165) is 11.1 Å². The number of pyridine rings is 1. The topological polar surface area (TPSA) is 59.3 Å². The number of hydrogen-bond acceptors (Lipinski definition) is 2. The highest BCUT2D eigenvalue weighted by molar-refractivity contribution is 5.95. The highest BCUT2D eigenvalue weighted by Crippen LogP contribution is 2.21. The van der Waals surface area contributed by atoms with Gasteiger partial charge in [-0.3, -0.25) is 9.59 Å². The Bertz CT molecular complexity index is 1240. The summed E-state index contributed by atoms with van der Waals surface area (Å²) in [5.74, 6) is -0.946. The third-order valence-electron chi connectivity index (χ3n) is 4.56. The second-order valence-corrected chi connectivity index (χ2v) is 6.35. The lowest BCUT2D eigenvalue weighted by Crippen LogP contribution is -2.15. The molecule has 132 valence electrons. The van der Waals surface area contributed by atoms with Crippen LogP contribution in [0.5, 0.6) is 0 Å². The lowest BCUT2D eigenvalue weighted by Gasteiger charge is -2.13. The Kier molecular flexibility index (Phi) is 4.30. The number of aromatic nitrogens is 1. The van der Waals surface area contributed by atoms with Crippen LogP contribution in [0.4, 0.5) is 0 Å². The quantitative estimate of drug-likeness (QED) is 0.436. The highest BCUT2D eigenvalue weighted by Gasteiger charge is 2.12. The molecule has 0 spiro atoms. The molecule has 0 aliphatic carbocycles. The van der Waals surface area contributed by atoms with Crippen LogP contribution in [0.1, 0.15) is 11.1 Å². The number of carboxylic acids is 1. The molecule has 0 bridgehead atoms. The monoisotopic (exact) mass is 355 g/mol. The summed E-state index contributed by atoms with van der Waals surface area (Å²) in [4.78, 5) is 24.3. The fourth-order valence-electron chi connectivity index (χ4n) is 3.31. The van der Waals surface area contributed by atoms with Gasteiger partial charge >= 0.3 is 5.97 Å². The maximum atomic E-state index is 13.0. The zero-order valence-electron chi connectivity index (χ0n) is 14.5. The number of aliphatic carboxylic acids is 1. The van der Waals surface area contributed by atoms with Gasteiger partial charge in [0, 0.05) is 10.8 Å². The van der Waals surface area contributed by atoms with Crippen LogP contribution >= 0.6 is 0 Å². The van der Waals surface area contributed by atoms with Gasteiger partial charge in [0.1, 0.15) is 6.54 Å². The third-order valence-corrected chi connectivity index (χ3v) is 4.56. The summed E-state index contributed by atoms with van der Waals surface area (Å²) in [6.07, 6.45) is 3.93. The van der Waals surface area contributed by atoms with Crippen molar-refractivity contribution in [2.45, 2.75) is 6.54 Å². The Balaban J connectivity index is 1.92. The van der Waals surface area contributed by atoms with E-state index in [4.69, 9.17) is 0 Å². The molecular weight excluding hydrogens is 338 g/mol. The number of carbonyl (C=O) groups is 1. The first-order valence-electron chi connectivity index (χ1n) is 8.64. The van der Waals surface area contributed by atoms with Crippen molar-refractivity contribution in [1.29, 1.82) is 0 Å². The van der Waals surface area contributed by atoms with Gasteiger partial charge in [0.25, 0.3) is 0 Å². The van der Waals surface area contributed by atoms with E-state index in [2.05, 4.69) is 0 Å². The Hall–Kier alpha value is -3.66. The van der Waals surface area contributed by atoms with E-state index in [1.54, 1.807) is 22.8 Å².